The van der Waals surface area contributed by atoms with Gasteiger partial charge in [-0.2, -0.15) is 17.5 Å². The number of nitrogens with zero attached hydrogens (tertiary/aromatic N) is 3. The normalized spacial score (nSPS) is 12.4. The van der Waals surface area contributed by atoms with E-state index >= 15 is 0 Å². The molecule has 0 spiro atoms. The summed E-state index contributed by atoms with van der Waals surface area (Å²) >= 11 is 1.45. The van der Waals surface area contributed by atoms with Gasteiger partial charge < -0.3 is 0 Å². The highest BCUT2D eigenvalue weighted by atomic mass is 32.2. The lowest BCUT2D eigenvalue weighted by Gasteiger charge is -2.23. The van der Waals surface area contributed by atoms with Crippen molar-refractivity contribution >= 4 is 26.3 Å². The standard InChI is InChI=1S/C27H22F3N3O2S2/c28-27(29,30)22-12-7-13-24(16-22)37(34,35)32(17-20-8-3-1-4-9-20)15-14-23-19-36-26-31-25(18-33(23)26)21-10-5-2-6-11-21/h1-13,16,18-19H,14-15,17H2. The summed E-state index contributed by atoms with van der Waals surface area (Å²) < 4.78 is 70.2. The predicted molar refractivity (Wildman–Crippen MR) is 138 cm³/mol. The van der Waals surface area contributed by atoms with Crippen molar-refractivity contribution in [3.8, 4) is 11.3 Å². The van der Waals surface area contributed by atoms with Crippen LogP contribution in [0.2, 0.25) is 0 Å². The van der Waals surface area contributed by atoms with E-state index < -0.39 is 21.8 Å². The van der Waals surface area contributed by atoms with Gasteiger partial charge in [-0.1, -0.05) is 66.7 Å². The molecule has 190 valence electrons. The van der Waals surface area contributed by atoms with Crippen LogP contribution in [-0.2, 0) is 29.2 Å². The lowest BCUT2D eigenvalue weighted by atomic mass is 10.2. The smallest absolute Gasteiger partial charge is 0.294 e. The first-order chi connectivity index (χ1) is 17.7. The Morgan fingerprint density at radius 2 is 1.62 bits per heavy atom. The van der Waals surface area contributed by atoms with Crippen molar-refractivity contribution in [2.75, 3.05) is 6.54 Å². The summed E-state index contributed by atoms with van der Waals surface area (Å²) in [6.45, 7) is 0.115. The van der Waals surface area contributed by atoms with E-state index in [4.69, 9.17) is 0 Å². The largest absolute Gasteiger partial charge is 0.416 e. The summed E-state index contributed by atoms with van der Waals surface area (Å²) in [4.78, 5) is 5.07. The Kier molecular flexibility index (Phi) is 6.89. The fraction of sp³-hybridized carbons (Fsp3) is 0.148. The Labute approximate surface area is 216 Å². The Bertz CT molecular complexity index is 1610. The molecule has 0 amide bonds. The Balaban J connectivity index is 1.45. The van der Waals surface area contributed by atoms with Gasteiger partial charge in [0.2, 0.25) is 10.0 Å². The molecule has 0 saturated heterocycles. The maximum atomic E-state index is 13.6. The quantitative estimate of drug-likeness (QED) is 0.225. The van der Waals surface area contributed by atoms with Crippen molar-refractivity contribution in [1.82, 2.24) is 13.7 Å². The fourth-order valence-corrected chi connectivity index (χ4v) is 6.43. The minimum Gasteiger partial charge on any atom is -0.294 e. The van der Waals surface area contributed by atoms with Crippen LogP contribution < -0.4 is 0 Å². The van der Waals surface area contributed by atoms with Gasteiger partial charge in [-0.15, -0.1) is 11.3 Å². The number of halogens is 3. The van der Waals surface area contributed by atoms with Crippen molar-refractivity contribution in [2.45, 2.75) is 24.0 Å². The number of fused-ring (bicyclic) bond motifs is 1. The van der Waals surface area contributed by atoms with Crippen LogP contribution in [0.25, 0.3) is 16.2 Å². The van der Waals surface area contributed by atoms with Crippen molar-refractivity contribution in [3.63, 3.8) is 0 Å². The van der Waals surface area contributed by atoms with Crippen LogP contribution in [0.3, 0.4) is 0 Å². The minimum atomic E-state index is -4.64. The second-order valence-corrected chi connectivity index (χ2v) is 11.2. The molecule has 0 unspecified atom stereocenters. The first kappa shape index (κ1) is 25.2. The number of hydrogen-bond donors (Lipinski definition) is 0. The summed E-state index contributed by atoms with van der Waals surface area (Å²) in [5.74, 6) is 0. The molecule has 0 fully saturated rings. The molecule has 0 N–H and O–H groups in total. The average molecular weight is 542 g/mol. The van der Waals surface area contributed by atoms with Crippen molar-refractivity contribution in [2.24, 2.45) is 0 Å². The third-order valence-corrected chi connectivity index (χ3v) is 8.70. The van der Waals surface area contributed by atoms with Crippen LogP contribution in [-0.4, -0.2) is 28.7 Å². The highest BCUT2D eigenvalue weighted by molar-refractivity contribution is 7.89. The number of sulfonamides is 1. The SMILES string of the molecule is O=S(=O)(c1cccc(C(F)(F)F)c1)N(CCc1csc2nc(-c3ccccc3)cn12)Cc1ccccc1. The van der Waals surface area contributed by atoms with Gasteiger partial charge in [0, 0.05) is 42.3 Å². The summed E-state index contributed by atoms with van der Waals surface area (Å²) in [5.41, 5.74) is 2.39. The monoisotopic (exact) mass is 541 g/mol. The van der Waals surface area contributed by atoms with E-state index in [1.165, 1.54) is 21.7 Å². The van der Waals surface area contributed by atoms with Gasteiger partial charge in [-0.25, -0.2) is 13.4 Å². The summed E-state index contributed by atoms with van der Waals surface area (Å²) in [6, 6.07) is 22.6. The Morgan fingerprint density at radius 3 is 2.32 bits per heavy atom. The maximum Gasteiger partial charge on any atom is 0.416 e. The zero-order chi connectivity index (χ0) is 26.0. The summed E-state index contributed by atoms with van der Waals surface area (Å²) in [5, 5.41) is 1.93. The summed E-state index contributed by atoms with van der Waals surface area (Å²) in [6.07, 6.45) is -2.37. The molecule has 0 radical (unpaired) electrons. The molecule has 0 aliphatic rings. The first-order valence-electron chi connectivity index (χ1n) is 11.4. The molecule has 5 nitrogen and oxygen atoms in total. The molecule has 10 heteroatoms. The molecule has 5 aromatic rings. The van der Waals surface area contributed by atoms with Crippen LogP contribution >= 0.6 is 11.3 Å². The molecular weight excluding hydrogens is 519 g/mol. The van der Waals surface area contributed by atoms with Gasteiger partial charge in [-0.3, -0.25) is 4.40 Å². The predicted octanol–water partition coefficient (Wildman–Crippen LogP) is 6.52. The summed E-state index contributed by atoms with van der Waals surface area (Å²) in [7, 11) is -4.21. The van der Waals surface area contributed by atoms with E-state index in [-0.39, 0.29) is 18.0 Å². The van der Waals surface area contributed by atoms with E-state index in [1.54, 1.807) is 24.3 Å². The lowest BCUT2D eigenvalue weighted by Crippen LogP contribution is -2.33. The molecule has 5 rings (SSSR count). The molecule has 2 aromatic heterocycles. The van der Waals surface area contributed by atoms with Crippen LogP contribution in [0.4, 0.5) is 13.2 Å². The van der Waals surface area contributed by atoms with Gasteiger partial charge in [0.1, 0.15) is 0 Å². The lowest BCUT2D eigenvalue weighted by molar-refractivity contribution is -0.137. The molecule has 37 heavy (non-hydrogen) atoms. The van der Waals surface area contributed by atoms with Crippen LogP contribution in [0.15, 0.2) is 101 Å². The zero-order valence-electron chi connectivity index (χ0n) is 19.5. The Morgan fingerprint density at radius 1 is 0.919 bits per heavy atom. The molecule has 0 atom stereocenters. The molecule has 3 aromatic carbocycles. The minimum absolute atomic E-state index is 0.0336. The molecule has 0 bridgehead atoms. The van der Waals surface area contributed by atoms with E-state index in [0.717, 1.165) is 39.6 Å². The number of thiazole rings is 1. The maximum absolute atomic E-state index is 13.6. The number of rotatable bonds is 8. The number of alkyl halides is 3. The number of benzene rings is 3. The topological polar surface area (TPSA) is 54.7 Å². The second kappa shape index (κ2) is 10.1. The van der Waals surface area contributed by atoms with Gasteiger partial charge in [0.05, 0.1) is 16.2 Å². The van der Waals surface area contributed by atoms with E-state index in [0.29, 0.717) is 12.5 Å². The van der Waals surface area contributed by atoms with Gasteiger partial charge in [0.25, 0.3) is 0 Å². The number of hydrogen-bond acceptors (Lipinski definition) is 4. The number of aromatic nitrogens is 2. The van der Waals surface area contributed by atoms with E-state index in [1.807, 2.05) is 52.4 Å². The second-order valence-electron chi connectivity index (χ2n) is 8.47. The Hall–Kier alpha value is -3.47. The van der Waals surface area contributed by atoms with Gasteiger partial charge in [0.15, 0.2) is 4.96 Å². The third kappa shape index (κ3) is 5.46. The van der Waals surface area contributed by atoms with Gasteiger partial charge >= 0.3 is 6.18 Å². The molecular formula is C27H22F3N3O2S2. The first-order valence-corrected chi connectivity index (χ1v) is 13.8. The number of imidazole rings is 1. The molecule has 2 heterocycles. The highest BCUT2D eigenvalue weighted by Crippen LogP contribution is 2.32. The van der Waals surface area contributed by atoms with Crippen molar-refractivity contribution < 1.29 is 21.6 Å². The van der Waals surface area contributed by atoms with Crippen LogP contribution in [0.1, 0.15) is 16.8 Å². The van der Waals surface area contributed by atoms with Crippen LogP contribution in [0.5, 0.6) is 0 Å². The van der Waals surface area contributed by atoms with Gasteiger partial charge in [-0.05, 0) is 23.8 Å². The highest BCUT2D eigenvalue weighted by Gasteiger charge is 2.33. The van der Waals surface area contributed by atoms with Crippen molar-refractivity contribution in [3.05, 3.63) is 113 Å². The van der Waals surface area contributed by atoms with E-state index in [2.05, 4.69) is 4.98 Å². The van der Waals surface area contributed by atoms with E-state index in [9.17, 15) is 21.6 Å². The third-order valence-electron chi connectivity index (χ3n) is 5.97. The van der Waals surface area contributed by atoms with Crippen LogP contribution in [0, 0.1) is 0 Å². The zero-order valence-corrected chi connectivity index (χ0v) is 21.1. The average Bonchev–Trinajstić information content (AvgIpc) is 3.49. The van der Waals surface area contributed by atoms with Crippen molar-refractivity contribution in [1.29, 1.82) is 0 Å². The molecule has 0 aliphatic heterocycles. The molecule has 0 saturated carbocycles. The fourth-order valence-electron chi connectivity index (χ4n) is 4.05. The molecule has 0 aliphatic carbocycles.